The third kappa shape index (κ3) is 3.36. The van der Waals surface area contributed by atoms with Gasteiger partial charge in [-0.15, -0.1) is 0 Å². The van der Waals surface area contributed by atoms with Crippen LogP contribution in [-0.2, 0) is 16.0 Å². The van der Waals surface area contributed by atoms with Gasteiger partial charge in [-0.25, -0.2) is 4.99 Å². The number of fused-ring (bicyclic) bond motifs is 2. The molecule has 0 amide bonds. The zero-order valence-corrected chi connectivity index (χ0v) is 17.3. The number of ketones is 3. The molecule has 1 aromatic rings. The number of allylic oxidation sites excluding steroid dienone is 5. The molecular formula is C23H24N4O3. The number of aromatic nitrogens is 1. The van der Waals surface area contributed by atoms with Crippen LogP contribution in [0.3, 0.4) is 0 Å². The summed E-state index contributed by atoms with van der Waals surface area (Å²) in [4.78, 5) is 47.5. The number of rotatable bonds is 7. The maximum absolute atomic E-state index is 12.7. The Hall–Kier alpha value is -3.16. The van der Waals surface area contributed by atoms with E-state index in [0.717, 1.165) is 17.7 Å². The Kier molecular flexibility index (Phi) is 5.32. The van der Waals surface area contributed by atoms with E-state index in [9.17, 15) is 14.4 Å². The lowest BCUT2D eigenvalue weighted by Gasteiger charge is -2.14. The van der Waals surface area contributed by atoms with Crippen LogP contribution in [0.15, 0.2) is 46.1 Å². The smallest absolute Gasteiger partial charge is 0.235 e. The summed E-state index contributed by atoms with van der Waals surface area (Å²) in [5.74, 6) is -1.08. The van der Waals surface area contributed by atoms with Crippen LogP contribution < -0.4 is 5.32 Å². The molecule has 1 aliphatic heterocycles. The Balaban J connectivity index is 1.88. The summed E-state index contributed by atoms with van der Waals surface area (Å²) in [5.41, 5.74) is 5.35. The molecule has 7 nitrogen and oxygen atoms in total. The SMILES string of the molecule is CNCCc1c(C2=NC3=CC=CC(=O)C3=C2CCN(C)C)[nH]c2c1C(=O)C(=O)C=C2. The van der Waals surface area contributed by atoms with Crippen LogP contribution in [0.4, 0.5) is 0 Å². The normalized spacial score (nSPS) is 17.7. The van der Waals surface area contributed by atoms with Gasteiger partial charge in [0.05, 0.1) is 33.9 Å². The number of aromatic amines is 1. The van der Waals surface area contributed by atoms with Crippen LogP contribution >= 0.6 is 0 Å². The summed E-state index contributed by atoms with van der Waals surface area (Å²) in [6.07, 6.45) is 9.26. The van der Waals surface area contributed by atoms with Crippen molar-refractivity contribution in [3.63, 3.8) is 0 Å². The Morgan fingerprint density at radius 1 is 1.07 bits per heavy atom. The first-order valence-corrected chi connectivity index (χ1v) is 9.99. The van der Waals surface area contributed by atoms with Gasteiger partial charge >= 0.3 is 0 Å². The third-order valence-corrected chi connectivity index (χ3v) is 5.48. The van der Waals surface area contributed by atoms with E-state index in [1.165, 1.54) is 6.08 Å². The van der Waals surface area contributed by atoms with Gasteiger partial charge in [0.1, 0.15) is 0 Å². The molecule has 0 saturated carbocycles. The first-order chi connectivity index (χ1) is 14.4. The molecule has 2 aliphatic carbocycles. The highest BCUT2D eigenvalue weighted by Gasteiger charge is 2.35. The Morgan fingerprint density at radius 2 is 1.87 bits per heavy atom. The molecule has 2 N–H and O–H groups in total. The molecule has 0 aromatic carbocycles. The molecule has 0 bridgehead atoms. The minimum Gasteiger partial charge on any atom is -0.353 e. The molecule has 3 aliphatic rings. The van der Waals surface area contributed by atoms with Crippen LogP contribution in [0.25, 0.3) is 6.08 Å². The number of nitrogens with zero attached hydrogens (tertiary/aromatic N) is 2. The zero-order chi connectivity index (χ0) is 21.4. The molecule has 0 spiro atoms. The van der Waals surface area contributed by atoms with Gasteiger partial charge in [-0.1, -0.05) is 6.08 Å². The highest BCUT2D eigenvalue weighted by Crippen LogP contribution is 2.36. The largest absolute Gasteiger partial charge is 0.353 e. The van der Waals surface area contributed by atoms with Crippen molar-refractivity contribution in [2.24, 2.45) is 4.99 Å². The van der Waals surface area contributed by atoms with Gasteiger partial charge in [0.15, 0.2) is 5.78 Å². The number of H-pyrrole nitrogens is 1. The molecule has 4 rings (SSSR count). The fourth-order valence-electron chi connectivity index (χ4n) is 4.01. The summed E-state index contributed by atoms with van der Waals surface area (Å²) >= 11 is 0. The third-order valence-electron chi connectivity index (χ3n) is 5.48. The Labute approximate surface area is 174 Å². The van der Waals surface area contributed by atoms with E-state index in [0.29, 0.717) is 53.3 Å². The number of nitrogens with one attached hydrogen (secondary N) is 2. The number of hydrogen-bond donors (Lipinski definition) is 2. The maximum Gasteiger partial charge on any atom is 0.235 e. The predicted molar refractivity (Wildman–Crippen MR) is 116 cm³/mol. The molecule has 30 heavy (non-hydrogen) atoms. The van der Waals surface area contributed by atoms with E-state index >= 15 is 0 Å². The van der Waals surface area contributed by atoms with Gasteiger partial charge in [-0.3, -0.25) is 14.4 Å². The van der Waals surface area contributed by atoms with Crippen molar-refractivity contribution in [2.75, 3.05) is 34.2 Å². The minimum atomic E-state index is -0.519. The molecule has 0 unspecified atom stereocenters. The standard InChI is InChI=1S/C23H24N4O3/c1-24-11-9-13-20-16(7-8-18(29)23(20)30)26-21(13)22-14(10-12-27(2)3)19-15(25-22)5-4-6-17(19)28/h4-8,24,26H,9-12H2,1-3H3. The Morgan fingerprint density at radius 3 is 2.60 bits per heavy atom. The van der Waals surface area contributed by atoms with E-state index < -0.39 is 11.6 Å². The van der Waals surface area contributed by atoms with Crippen molar-refractivity contribution in [3.05, 3.63) is 63.7 Å². The zero-order valence-electron chi connectivity index (χ0n) is 17.3. The van der Waals surface area contributed by atoms with Crippen molar-refractivity contribution in [1.82, 2.24) is 15.2 Å². The lowest BCUT2D eigenvalue weighted by Crippen LogP contribution is -2.20. The van der Waals surface area contributed by atoms with E-state index in [1.54, 1.807) is 18.2 Å². The fourth-order valence-corrected chi connectivity index (χ4v) is 4.01. The lowest BCUT2D eigenvalue weighted by molar-refractivity contribution is -0.111. The molecule has 0 radical (unpaired) electrons. The predicted octanol–water partition coefficient (Wildman–Crippen LogP) is 1.63. The summed E-state index contributed by atoms with van der Waals surface area (Å²) < 4.78 is 0. The van der Waals surface area contributed by atoms with Crippen LogP contribution in [0.2, 0.25) is 0 Å². The number of likely N-dealkylation sites (N-methyl/N-ethyl adjacent to an activating group) is 1. The number of carbonyl (C=O) groups excluding carboxylic acids is 3. The minimum absolute atomic E-state index is 0.0562. The highest BCUT2D eigenvalue weighted by molar-refractivity contribution is 6.50. The van der Waals surface area contributed by atoms with Gasteiger partial charge < -0.3 is 15.2 Å². The number of hydrogen-bond acceptors (Lipinski definition) is 6. The van der Waals surface area contributed by atoms with E-state index in [2.05, 4.69) is 15.2 Å². The molecule has 0 atom stereocenters. The fraction of sp³-hybridized carbons (Fsp3) is 0.304. The maximum atomic E-state index is 12.7. The highest BCUT2D eigenvalue weighted by atomic mass is 16.2. The quantitative estimate of drug-likeness (QED) is 0.674. The number of aliphatic imine (C=N–C) groups is 1. The molecular weight excluding hydrogens is 380 g/mol. The molecule has 2 heterocycles. The first kappa shape index (κ1) is 20.1. The van der Waals surface area contributed by atoms with Gasteiger partial charge in [0.25, 0.3) is 0 Å². The summed E-state index contributed by atoms with van der Waals surface area (Å²) in [5, 5.41) is 3.10. The van der Waals surface area contributed by atoms with E-state index in [-0.39, 0.29) is 5.78 Å². The Bertz CT molecular complexity index is 1110. The summed E-state index contributed by atoms with van der Waals surface area (Å²) in [6.45, 7) is 1.40. The van der Waals surface area contributed by atoms with Crippen molar-refractivity contribution in [1.29, 1.82) is 0 Å². The second-order valence-electron chi connectivity index (χ2n) is 7.79. The van der Waals surface area contributed by atoms with Gasteiger partial charge in [0, 0.05) is 6.54 Å². The van der Waals surface area contributed by atoms with Crippen LogP contribution in [0, 0.1) is 0 Å². The van der Waals surface area contributed by atoms with Crippen molar-refractivity contribution in [2.45, 2.75) is 12.8 Å². The lowest BCUT2D eigenvalue weighted by atomic mass is 9.90. The molecule has 0 saturated heterocycles. The molecule has 7 heteroatoms. The van der Waals surface area contributed by atoms with Crippen LogP contribution in [-0.4, -0.2) is 67.2 Å². The number of Topliss-reactive ketones (excluding diaryl/α,β-unsaturated/α-hetero) is 1. The van der Waals surface area contributed by atoms with Crippen molar-refractivity contribution >= 4 is 29.1 Å². The second-order valence-corrected chi connectivity index (χ2v) is 7.79. The molecule has 154 valence electrons. The average molecular weight is 404 g/mol. The monoisotopic (exact) mass is 404 g/mol. The summed E-state index contributed by atoms with van der Waals surface area (Å²) in [6, 6.07) is 0. The van der Waals surface area contributed by atoms with Gasteiger partial charge in [0.2, 0.25) is 11.6 Å². The van der Waals surface area contributed by atoms with E-state index in [1.807, 2.05) is 27.2 Å². The van der Waals surface area contributed by atoms with Gasteiger partial charge in [-0.2, -0.15) is 0 Å². The molecule has 0 fully saturated rings. The van der Waals surface area contributed by atoms with Crippen LogP contribution in [0.1, 0.15) is 33.7 Å². The molecule has 1 aromatic heterocycles. The first-order valence-electron chi connectivity index (χ1n) is 9.99. The second kappa shape index (κ2) is 7.93. The topological polar surface area (TPSA) is 94.6 Å². The van der Waals surface area contributed by atoms with Crippen molar-refractivity contribution in [3.8, 4) is 0 Å². The van der Waals surface area contributed by atoms with Crippen molar-refractivity contribution < 1.29 is 14.4 Å². The summed E-state index contributed by atoms with van der Waals surface area (Å²) in [7, 11) is 5.81. The average Bonchev–Trinajstić information content (AvgIpc) is 3.26. The number of carbonyl (C=O) groups is 3. The van der Waals surface area contributed by atoms with E-state index in [4.69, 9.17) is 4.99 Å². The van der Waals surface area contributed by atoms with Gasteiger partial charge in [-0.05, 0) is 76.0 Å². The van der Waals surface area contributed by atoms with Crippen LogP contribution in [0.5, 0.6) is 0 Å².